The molecular weight excluding hydrogens is 420 g/mol. The summed E-state index contributed by atoms with van der Waals surface area (Å²) in [5.41, 5.74) is 4.21. The van der Waals surface area contributed by atoms with Gasteiger partial charge in [0.05, 0.1) is 0 Å². The highest BCUT2D eigenvalue weighted by Gasteiger charge is 2.59. The van der Waals surface area contributed by atoms with Crippen molar-refractivity contribution in [2.24, 2.45) is 34.5 Å². The molecule has 5 rings (SSSR count). The van der Waals surface area contributed by atoms with Gasteiger partial charge in [0.25, 0.3) is 0 Å². The molecule has 34 heavy (non-hydrogen) atoms. The zero-order valence-electron chi connectivity index (χ0n) is 21.3. The van der Waals surface area contributed by atoms with E-state index in [9.17, 15) is 9.59 Å². The number of aryl methyl sites for hydroxylation is 1. The zero-order chi connectivity index (χ0) is 24.1. The first kappa shape index (κ1) is 23.6. The molecular formula is C31H40O3. The van der Waals surface area contributed by atoms with E-state index in [0.717, 1.165) is 44.1 Å². The molecule has 3 fully saturated rings. The fraction of sp³-hybridized carbons (Fsp3) is 0.613. The summed E-state index contributed by atoms with van der Waals surface area (Å²) >= 11 is 0. The summed E-state index contributed by atoms with van der Waals surface area (Å²) in [6.45, 7) is 8.51. The van der Waals surface area contributed by atoms with E-state index in [4.69, 9.17) is 4.74 Å². The fourth-order valence-corrected chi connectivity index (χ4v) is 8.50. The molecule has 0 aliphatic heterocycles. The van der Waals surface area contributed by atoms with Gasteiger partial charge in [-0.3, -0.25) is 9.59 Å². The first-order chi connectivity index (χ1) is 16.2. The molecule has 0 aromatic heterocycles. The molecule has 7 atom stereocenters. The molecule has 0 radical (unpaired) electrons. The van der Waals surface area contributed by atoms with Crippen LogP contribution < -0.4 is 0 Å². The molecule has 0 N–H and O–H groups in total. The number of benzene rings is 1. The Labute approximate surface area is 205 Å². The van der Waals surface area contributed by atoms with Crippen LogP contribution in [0.25, 0.3) is 6.08 Å². The topological polar surface area (TPSA) is 43.4 Å². The second-order valence-corrected chi connectivity index (χ2v) is 12.1. The molecule has 0 amide bonds. The van der Waals surface area contributed by atoms with Crippen LogP contribution in [0.15, 0.2) is 42.0 Å². The van der Waals surface area contributed by atoms with E-state index in [1.165, 1.54) is 30.9 Å². The minimum Gasteiger partial charge on any atom is -0.462 e. The third-order valence-corrected chi connectivity index (χ3v) is 10.2. The lowest BCUT2D eigenvalue weighted by Gasteiger charge is -2.58. The van der Waals surface area contributed by atoms with Crippen molar-refractivity contribution >= 4 is 17.8 Å². The molecule has 4 aliphatic carbocycles. The van der Waals surface area contributed by atoms with Gasteiger partial charge in [0.2, 0.25) is 0 Å². The smallest absolute Gasteiger partial charge is 0.302 e. The Hall–Kier alpha value is -2.16. The number of hydrogen-bond acceptors (Lipinski definition) is 3. The van der Waals surface area contributed by atoms with Crippen LogP contribution in [-0.4, -0.2) is 17.9 Å². The van der Waals surface area contributed by atoms with Crippen molar-refractivity contribution in [1.82, 2.24) is 0 Å². The van der Waals surface area contributed by atoms with Crippen molar-refractivity contribution < 1.29 is 14.3 Å². The van der Waals surface area contributed by atoms with Crippen LogP contribution in [0, 0.1) is 41.4 Å². The van der Waals surface area contributed by atoms with Crippen LogP contribution in [0.3, 0.4) is 0 Å². The molecule has 4 aliphatic rings. The largest absolute Gasteiger partial charge is 0.462 e. The van der Waals surface area contributed by atoms with E-state index in [2.05, 4.69) is 51.1 Å². The average molecular weight is 461 g/mol. The number of carbonyl (C=O) groups excluding carboxylic acids is 2. The molecule has 0 saturated heterocycles. The monoisotopic (exact) mass is 460 g/mol. The summed E-state index contributed by atoms with van der Waals surface area (Å²) in [4.78, 5) is 24.9. The van der Waals surface area contributed by atoms with Crippen molar-refractivity contribution in [3.8, 4) is 0 Å². The zero-order valence-corrected chi connectivity index (χ0v) is 21.3. The number of allylic oxidation sites excluding steroid dienone is 2. The molecule has 0 bridgehead atoms. The number of fused-ring (bicyclic) bond motifs is 5. The molecule has 182 valence electrons. The Morgan fingerprint density at radius 3 is 2.65 bits per heavy atom. The van der Waals surface area contributed by atoms with Crippen molar-refractivity contribution in [3.63, 3.8) is 0 Å². The van der Waals surface area contributed by atoms with Gasteiger partial charge in [0, 0.05) is 19.3 Å². The minimum atomic E-state index is -0.158. The SMILES string of the molecule is CC(=O)OC1CCC2(C)C(=CCC3C2CCC2(C)C(C(=O)C=Cc4cccc(C)c4)CCC32)C1. The fourth-order valence-electron chi connectivity index (χ4n) is 8.50. The predicted molar refractivity (Wildman–Crippen MR) is 136 cm³/mol. The molecule has 0 heterocycles. The lowest BCUT2D eigenvalue weighted by atomic mass is 9.47. The summed E-state index contributed by atoms with van der Waals surface area (Å²) in [5, 5.41) is 0. The van der Waals surface area contributed by atoms with Crippen LogP contribution in [0.1, 0.15) is 83.3 Å². The van der Waals surface area contributed by atoms with E-state index in [1.54, 1.807) is 0 Å². The van der Waals surface area contributed by atoms with E-state index in [0.29, 0.717) is 23.5 Å². The van der Waals surface area contributed by atoms with Gasteiger partial charge in [-0.05, 0) is 92.1 Å². The summed E-state index contributed by atoms with van der Waals surface area (Å²) in [7, 11) is 0. The molecule has 7 unspecified atom stereocenters. The number of ketones is 1. The second-order valence-electron chi connectivity index (χ2n) is 12.1. The van der Waals surface area contributed by atoms with Crippen LogP contribution >= 0.6 is 0 Å². The van der Waals surface area contributed by atoms with Crippen molar-refractivity contribution in [3.05, 3.63) is 53.1 Å². The van der Waals surface area contributed by atoms with E-state index >= 15 is 0 Å². The number of hydrogen-bond donors (Lipinski definition) is 0. The van der Waals surface area contributed by atoms with Gasteiger partial charge in [0.15, 0.2) is 5.78 Å². The highest BCUT2D eigenvalue weighted by atomic mass is 16.5. The summed E-state index contributed by atoms with van der Waals surface area (Å²) in [5.74, 6) is 2.32. The van der Waals surface area contributed by atoms with E-state index in [1.807, 2.05) is 12.2 Å². The Morgan fingerprint density at radius 1 is 1.06 bits per heavy atom. The highest BCUT2D eigenvalue weighted by Crippen LogP contribution is 2.66. The third-order valence-electron chi connectivity index (χ3n) is 10.2. The molecule has 3 saturated carbocycles. The van der Waals surface area contributed by atoms with Crippen LogP contribution in [0.5, 0.6) is 0 Å². The second kappa shape index (κ2) is 8.81. The molecule has 0 spiro atoms. The number of carbonyl (C=O) groups is 2. The van der Waals surface area contributed by atoms with Crippen molar-refractivity contribution in [2.45, 2.75) is 85.2 Å². The predicted octanol–water partition coefficient (Wildman–Crippen LogP) is 7.09. The molecule has 3 heteroatoms. The van der Waals surface area contributed by atoms with Gasteiger partial charge in [-0.1, -0.05) is 61.4 Å². The van der Waals surface area contributed by atoms with Gasteiger partial charge in [-0.25, -0.2) is 0 Å². The molecule has 3 nitrogen and oxygen atoms in total. The van der Waals surface area contributed by atoms with Crippen LogP contribution in [0.4, 0.5) is 0 Å². The average Bonchev–Trinajstić information content (AvgIpc) is 3.15. The standard InChI is InChI=1S/C31H40O3/c1-20-6-5-7-22(18-20)8-13-29(33)28-12-11-26-25-10-9-23-19-24(34-21(2)32)14-16-30(23,3)27(25)15-17-31(26,28)4/h5-9,13,18,24-28H,10-12,14-17,19H2,1-4H3. The van der Waals surface area contributed by atoms with Crippen LogP contribution in [0.2, 0.25) is 0 Å². The first-order valence-corrected chi connectivity index (χ1v) is 13.4. The molecule has 1 aromatic rings. The van der Waals surface area contributed by atoms with Crippen LogP contribution in [-0.2, 0) is 14.3 Å². The maximum atomic E-state index is 13.4. The van der Waals surface area contributed by atoms with Gasteiger partial charge in [-0.2, -0.15) is 0 Å². The normalized spacial score (nSPS) is 39.1. The summed E-state index contributed by atoms with van der Waals surface area (Å²) < 4.78 is 5.58. The summed E-state index contributed by atoms with van der Waals surface area (Å²) in [6, 6.07) is 8.35. The number of esters is 1. The Balaban J connectivity index is 1.33. The quantitative estimate of drug-likeness (QED) is 0.274. The van der Waals surface area contributed by atoms with Gasteiger partial charge in [-0.15, -0.1) is 0 Å². The minimum absolute atomic E-state index is 0.0518. The van der Waals surface area contributed by atoms with Gasteiger partial charge < -0.3 is 4.74 Å². The van der Waals surface area contributed by atoms with Gasteiger partial charge >= 0.3 is 5.97 Å². The van der Waals surface area contributed by atoms with Crippen molar-refractivity contribution in [2.75, 3.05) is 0 Å². The molecule has 1 aromatic carbocycles. The van der Waals surface area contributed by atoms with Crippen molar-refractivity contribution in [1.29, 1.82) is 0 Å². The first-order valence-electron chi connectivity index (χ1n) is 13.4. The maximum Gasteiger partial charge on any atom is 0.302 e. The number of rotatable bonds is 4. The highest BCUT2D eigenvalue weighted by molar-refractivity contribution is 5.96. The lowest BCUT2D eigenvalue weighted by molar-refractivity contribution is -0.149. The summed E-state index contributed by atoms with van der Waals surface area (Å²) in [6.07, 6.45) is 15.1. The van der Waals surface area contributed by atoms with E-state index < -0.39 is 0 Å². The third kappa shape index (κ3) is 3.99. The lowest BCUT2D eigenvalue weighted by Crippen LogP contribution is -2.51. The maximum absolute atomic E-state index is 13.4. The Morgan fingerprint density at radius 2 is 1.88 bits per heavy atom. The Bertz CT molecular complexity index is 1030. The van der Waals surface area contributed by atoms with E-state index in [-0.39, 0.29) is 28.8 Å². The number of ether oxygens (including phenoxy) is 1. The Kier molecular flexibility index (Phi) is 6.11. The van der Waals surface area contributed by atoms with Gasteiger partial charge in [0.1, 0.15) is 6.10 Å².